The summed E-state index contributed by atoms with van der Waals surface area (Å²) in [6, 6.07) is 18.4. The van der Waals surface area contributed by atoms with Crippen LogP contribution in [0, 0.1) is 30.9 Å². The van der Waals surface area contributed by atoms with Crippen LogP contribution in [0.25, 0.3) is 6.08 Å². The minimum atomic E-state index is -0.538. The van der Waals surface area contributed by atoms with Gasteiger partial charge < -0.3 is 10.6 Å². The Hall–Kier alpha value is -4.26. The lowest BCUT2D eigenvalue weighted by molar-refractivity contribution is -0.384. The molecule has 0 unspecified atom stereocenters. The van der Waals surface area contributed by atoms with E-state index in [0.717, 1.165) is 16.7 Å². The van der Waals surface area contributed by atoms with E-state index >= 15 is 0 Å². The van der Waals surface area contributed by atoms with Gasteiger partial charge in [-0.1, -0.05) is 47.5 Å². The lowest BCUT2D eigenvalue weighted by atomic mass is 10.1. The molecule has 0 fully saturated rings. The number of carbonyl (C=O) groups excluding carboxylic acids is 2. The molecule has 2 N–H and O–H groups in total. The zero-order valence-corrected chi connectivity index (χ0v) is 18.0. The van der Waals surface area contributed by atoms with Gasteiger partial charge in [0.1, 0.15) is 5.70 Å². The first-order valence-corrected chi connectivity index (χ1v) is 9.96. The van der Waals surface area contributed by atoms with Gasteiger partial charge in [0.25, 0.3) is 17.5 Å². The highest BCUT2D eigenvalue weighted by Gasteiger charge is 2.16. The van der Waals surface area contributed by atoms with Crippen LogP contribution in [0.4, 0.5) is 11.4 Å². The lowest BCUT2D eigenvalue weighted by Gasteiger charge is -2.13. The molecule has 32 heavy (non-hydrogen) atoms. The van der Waals surface area contributed by atoms with Gasteiger partial charge in [0.05, 0.1) is 4.92 Å². The van der Waals surface area contributed by atoms with E-state index in [0.29, 0.717) is 16.8 Å². The van der Waals surface area contributed by atoms with Crippen molar-refractivity contribution in [2.45, 2.75) is 20.8 Å². The average Bonchev–Trinajstić information content (AvgIpc) is 2.75. The molecule has 0 saturated carbocycles. The van der Waals surface area contributed by atoms with Crippen LogP contribution in [0.5, 0.6) is 0 Å². The number of nitro benzene ring substituents is 1. The van der Waals surface area contributed by atoms with E-state index in [4.69, 9.17) is 0 Å². The number of nitrogens with zero attached hydrogens (tertiary/aromatic N) is 1. The van der Waals surface area contributed by atoms with E-state index in [1.807, 2.05) is 32.9 Å². The molecule has 0 spiro atoms. The molecule has 0 aliphatic rings. The van der Waals surface area contributed by atoms with Crippen LogP contribution in [-0.2, 0) is 4.79 Å². The molecule has 0 saturated heterocycles. The van der Waals surface area contributed by atoms with E-state index in [2.05, 4.69) is 10.6 Å². The van der Waals surface area contributed by atoms with E-state index in [-0.39, 0.29) is 11.4 Å². The number of hydrogen-bond acceptors (Lipinski definition) is 4. The van der Waals surface area contributed by atoms with Gasteiger partial charge in [-0.2, -0.15) is 0 Å². The topological polar surface area (TPSA) is 101 Å². The van der Waals surface area contributed by atoms with Gasteiger partial charge >= 0.3 is 0 Å². The average molecular weight is 429 g/mol. The standard InChI is InChI=1S/C25H23N3O4/c1-16-7-10-20(11-8-16)24(29)27-23(15-19-5-4-6-21(14-19)28(31)32)25(30)26-22-12-9-17(2)13-18(22)3/h4-15H,1-3H3,(H,26,30)(H,27,29). The molecule has 0 radical (unpaired) electrons. The van der Waals surface area contributed by atoms with Crippen LogP contribution < -0.4 is 10.6 Å². The number of non-ortho nitro benzene ring substituents is 1. The number of hydrogen-bond donors (Lipinski definition) is 2. The molecule has 3 rings (SSSR count). The van der Waals surface area contributed by atoms with E-state index in [1.54, 1.807) is 36.4 Å². The first kappa shape index (κ1) is 22.4. The Balaban J connectivity index is 1.95. The number of anilines is 1. The Kier molecular flexibility index (Phi) is 6.80. The van der Waals surface area contributed by atoms with Gasteiger partial charge in [-0.15, -0.1) is 0 Å². The molecular weight excluding hydrogens is 406 g/mol. The van der Waals surface area contributed by atoms with Crippen molar-refractivity contribution in [2.75, 3.05) is 5.32 Å². The molecule has 0 aromatic heterocycles. The summed E-state index contributed by atoms with van der Waals surface area (Å²) >= 11 is 0. The Morgan fingerprint density at radius 2 is 1.59 bits per heavy atom. The maximum absolute atomic E-state index is 13.1. The maximum atomic E-state index is 13.1. The molecule has 7 heteroatoms. The number of amides is 2. The maximum Gasteiger partial charge on any atom is 0.272 e. The third kappa shape index (κ3) is 5.66. The zero-order valence-electron chi connectivity index (χ0n) is 18.0. The highest BCUT2D eigenvalue weighted by atomic mass is 16.6. The third-order valence-electron chi connectivity index (χ3n) is 4.83. The van der Waals surface area contributed by atoms with E-state index < -0.39 is 16.7 Å². The van der Waals surface area contributed by atoms with Crippen molar-refractivity contribution in [3.63, 3.8) is 0 Å². The van der Waals surface area contributed by atoms with Crippen molar-refractivity contribution in [3.8, 4) is 0 Å². The zero-order chi connectivity index (χ0) is 23.3. The van der Waals surface area contributed by atoms with Gasteiger partial charge in [-0.05, 0) is 56.2 Å². The van der Waals surface area contributed by atoms with Crippen molar-refractivity contribution in [1.29, 1.82) is 0 Å². The smallest absolute Gasteiger partial charge is 0.272 e. The van der Waals surface area contributed by atoms with Gasteiger partial charge in [-0.25, -0.2) is 0 Å². The van der Waals surface area contributed by atoms with Gasteiger partial charge in [-0.3, -0.25) is 19.7 Å². The molecule has 162 valence electrons. The Morgan fingerprint density at radius 1 is 0.906 bits per heavy atom. The van der Waals surface area contributed by atoms with E-state index in [9.17, 15) is 19.7 Å². The highest BCUT2D eigenvalue weighted by molar-refractivity contribution is 6.10. The molecule has 7 nitrogen and oxygen atoms in total. The SMILES string of the molecule is Cc1ccc(C(=O)NC(=Cc2cccc([N+](=O)[O-])c2)C(=O)Nc2ccc(C)cc2C)cc1. The second-order valence-electron chi connectivity index (χ2n) is 7.50. The summed E-state index contributed by atoms with van der Waals surface area (Å²) in [6.07, 6.45) is 1.41. The van der Waals surface area contributed by atoms with Crippen LogP contribution in [0.15, 0.2) is 72.4 Å². The summed E-state index contributed by atoms with van der Waals surface area (Å²) in [5.41, 5.74) is 4.19. The van der Waals surface area contributed by atoms with Crippen LogP contribution in [0.3, 0.4) is 0 Å². The van der Waals surface area contributed by atoms with Crippen molar-refractivity contribution in [3.05, 3.63) is 110 Å². The third-order valence-corrected chi connectivity index (χ3v) is 4.83. The van der Waals surface area contributed by atoms with Crippen molar-refractivity contribution in [2.24, 2.45) is 0 Å². The molecule has 0 aliphatic heterocycles. The normalized spacial score (nSPS) is 11.0. The molecule has 3 aromatic carbocycles. The summed E-state index contributed by atoms with van der Waals surface area (Å²) in [5, 5.41) is 16.6. The largest absolute Gasteiger partial charge is 0.320 e. The summed E-state index contributed by atoms with van der Waals surface area (Å²) in [4.78, 5) is 36.4. The first-order chi connectivity index (χ1) is 15.2. The fourth-order valence-corrected chi connectivity index (χ4v) is 3.10. The highest BCUT2D eigenvalue weighted by Crippen LogP contribution is 2.19. The number of nitro groups is 1. The number of aryl methyl sites for hydroxylation is 3. The van der Waals surface area contributed by atoms with Crippen LogP contribution in [0.1, 0.15) is 32.6 Å². The summed E-state index contributed by atoms with van der Waals surface area (Å²) < 4.78 is 0. The Bertz CT molecular complexity index is 1210. The summed E-state index contributed by atoms with van der Waals surface area (Å²) in [5.74, 6) is -0.999. The first-order valence-electron chi connectivity index (χ1n) is 9.96. The number of rotatable bonds is 6. The molecule has 2 amide bonds. The van der Waals surface area contributed by atoms with Crippen LogP contribution in [-0.4, -0.2) is 16.7 Å². The summed E-state index contributed by atoms with van der Waals surface area (Å²) in [7, 11) is 0. The van der Waals surface area contributed by atoms with Crippen molar-refractivity contribution >= 4 is 29.3 Å². The van der Waals surface area contributed by atoms with Crippen molar-refractivity contribution < 1.29 is 14.5 Å². The second-order valence-corrected chi connectivity index (χ2v) is 7.50. The quantitative estimate of drug-likeness (QED) is 0.329. The predicted molar refractivity (Wildman–Crippen MR) is 124 cm³/mol. The van der Waals surface area contributed by atoms with Crippen molar-refractivity contribution in [1.82, 2.24) is 5.32 Å². The molecule has 0 bridgehead atoms. The number of nitrogens with one attached hydrogen (secondary N) is 2. The van der Waals surface area contributed by atoms with Gasteiger partial charge in [0, 0.05) is 23.4 Å². The molecule has 0 atom stereocenters. The predicted octanol–water partition coefficient (Wildman–Crippen LogP) is 4.93. The van der Waals surface area contributed by atoms with Crippen LogP contribution in [0.2, 0.25) is 0 Å². The van der Waals surface area contributed by atoms with Gasteiger partial charge in [0.15, 0.2) is 0 Å². The Labute approximate surface area is 185 Å². The fourth-order valence-electron chi connectivity index (χ4n) is 3.10. The second kappa shape index (κ2) is 9.70. The van der Waals surface area contributed by atoms with Crippen LogP contribution >= 0.6 is 0 Å². The molecule has 0 aliphatic carbocycles. The number of carbonyl (C=O) groups is 2. The monoisotopic (exact) mass is 429 g/mol. The summed E-state index contributed by atoms with van der Waals surface area (Å²) in [6.45, 7) is 5.73. The van der Waals surface area contributed by atoms with E-state index in [1.165, 1.54) is 24.3 Å². The lowest BCUT2D eigenvalue weighted by Crippen LogP contribution is -2.31. The Morgan fingerprint density at radius 3 is 2.25 bits per heavy atom. The minimum absolute atomic E-state index is 0.0314. The number of benzene rings is 3. The molecular formula is C25H23N3O4. The molecule has 0 heterocycles. The molecule has 3 aromatic rings. The van der Waals surface area contributed by atoms with Gasteiger partial charge in [0.2, 0.25) is 0 Å². The fraction of sp³-hybridized carbons (Fsp3) is 0.120. The minimum Gasteiger partial charge on any atom is -0.320 e.